The van der Waals surface area contributed by atoms with Gasteiger partial charge in [0.15, 0.2) is 5.43 Å². The second kappa shape index (κ2) is 7.17. The van der Waals surface area contributed by atoms with Crippen LogP contribution in [0, 0.1) is 0 Å². The molecule has 1 aliphatic rings. The fraction of sp³-hybridized carbons (Fsp3) is 0.0435. The smallest absolute Gasteiger partial charge is 0.295 e. The van der Waals surface area contributed by atoms with Crippen molar-refractivity contribution in [2.75, 3.05) is 4.90 Å². The zero-order valence-corrected chi connectivity index (χ0v) is 17.5. The molecule has 0 bridgehead atoms. The Balaban J connectivity index is 1.83. The van der Waals surface area contributed by atoms with Gasteiger partial charge in [0.25, 0.3) is 5.91 Å². The largest absolute Gasteiger partial charge is 0.450 e. The summed E-state index contributed by atoms with van der Waals surface area (Å²) in [5.74, 6) is -0.407. The van der Waals surface area contributed by atoms with Crippen LogP contribution in [0.5, 0.6) is 0 Å². The Labute approximate surface area is 186 Å². The maximum atomic E-state index is 13.5. The lowest BCUT2D eigenvalue weighted by Crippen LogP contribution is -2.29. The number of carbonyl (C=O) groups is 1. The van der Waals surface area contributed by atoms with Crippen molar-refractivity contribution in [1.29, 1.82) is 0 Å². The normalized spacial score (nSPS) is 15.6. The molecule has 1 unspecified atom stereocenters. The van der Waals surface area contributed by atoms with Gasteiger partial charge in [-0.2, -0.15) is 0 Å². The lowest BCUT2D eigenvalue weighted by atomic mass is 9.98. The molecule has 0 radical (unpaired) electrons. The molecular formula is C23H12Cl3NO3. The highest BCUT2D eigenvalue weighted by Crippen LogP contribution is 2.42. The molecule has 2 heterocycles. The summed E-state index contributed by atoms with van der Waals surface area (Å²) in [5, 5.41) is 1.76. The van der Waals surface area contributed by atoms with E-state index in [2.05, 4.69) is 0 Å². The average Bonchev–Trinajstić information content (AvgIpc) is 3.02. The highest BCUT2D eigenvalue weighted by molar-refractivity contribution is 6.31. The summed E-state index contributed by atoms with van der Waals surface area (Å²) in [6.45, 7) is 0. The highest BCUT2D eigenvalue weighted by atomic mass is 35.5. The van der Waals surface area contributed by atoms with Gasteiger partial charge in [0.05, 0.1) is 17.0 Å². The zero-order valence-electron chi connectivity index (χ0n) is 15.2. The molecule has 1 aliphatic heterocycles. The van der Waals surface area contributed by atoms with Crippen LogP contribution in [0.2, 0.25) is 15.1 Å². The molecule has 0 saturated heterocycles. The van der Waals surface area contributed by atoms with E-state index in [0.717, 1.165) is 5.56 Å². The molecule has 0 saturated carbocycles. The number of halogens is 3. The van der Waals surface area contributed by atoms with Gasteiger partial charge >= 0.3 is 0 Å². The Kier molecular flexibility index (Phi) is 4.58. The van der Waals surface area contributed by atoms with Crippen molar-refractivity contribution in [2.45, 2.75) is 6.04 Å². The number of hydrogen-bond acceptors (Lipinski definition) is 3. The summed E-state index contributed by atoms with van der Waals surface area (Å²) < 4.78 is 5.90. The van der Waals surface area contributed by atoms with Gasteiger partial charge in [0.2, 0.25) is 5.76 Å². The fourth-order valence-corrected chi connectivity index (χ4v) is 4.28. The first-order chi connectivity index (χ1) is 14.4. The standard InChI is InChI=1S/C23H12Cl3NO3/c24-13-6-4-12(5-7-13)20-19-21(28)17-11-15(26)8-9-18(17)30-22(19)23(29)27(20)16-3-1-2-14(25)10-16/h1-11,20H. The van der Waals surface area contributed by atoms with Crippen LogP contribution in [0.15, 0.2) is 75.9 Å². The molecule has 1 aromatic heterocycles. The van der Waals surface area contributed by atoms with Gasteiger partial charge in [-0.3, -0.25) is 14.5 Å². The molecule has 0 N–H and O–H groups in total. The first kappa shape index (κ1) is 19.2. The van der Waals surface area contributed by atoms with Crippen LogP contribution in [0.3, 0.4) is 0 Å². The van der Waals surface area contributed by atoms with Gasteiger partial charge in [-0.1, -0.05) is 53.0 Å². The van der Waals surface area contributed by atoms with E-state index < -0.39 is 11.9 Å². The van der Waals surface area contributed by atoms with E-state index in [1.165, 1.54) is 4.90 Å². The molecule has 0 spiro atoms. The van der Waals surface area contributed by atoms with Gasteiger partial charge in [-0.15, -0.1) is 0 Å². The third-order valence-electron chi connectivity index (χ3n) is 5.10. The van der Waals surface area contributed by atoms with Crippen LogP contribution < -0.4 is 10.3 Å². The summed E-state index contributed by atoms with van der Waals surface area (Å²) >= 11 is 18.3. The van der Waals surface area contributed by atoms with E-state index in [4.69, 9.17) is 39.2 Å². The molecule has 148 valence electrons. The number of fused-ring (bicyclic) bond motifs is 2. The Hall–Kier alpha value is -2.79. The monoisotopic (exact) mass is 455 g/mol. The van der Waals surface area contributed by atoms with Gasteiger partial charge in [-0.05, 0) is 54.1 Å². The van der Waals surface area contributed by atoms with Crippen molar-refractivity contribution < 1.29 is 9.21 Å². The van der Waals surface area contributed by atoms with Gasteiger partial charge in [-0.25, -0.2) is 0 Å². The van der Waals surface area contributed by atoms with Crippen molar-refractivity contribution in [3.05, 3.63) is 109 Å². The van der Waals surface area contributed by atoms with Gasteiger partial charge in [0.1, 0.15) is 5.58 Å². The summed E-state index contributed by atoms with van der Waals surface area (Å²) in [6.07, 6.45) is 0. The maximum Gasteiger partial charge on any atom is 0.295 e. The highest BCUT2D eigenvalue weighted by Gasteiger charge is 2.43. The van der Waals surface area contributed by atoms with Gasteiger partial charge < -0.3 is 4.42 Å². The number of carbonyl (C=O) groups excluding carboxylic acids is 1. The van der Waals surface area contributed by atoms with E-state index in [1.807, 2.05) is 0 Å². The summed E-state index contributed by atoms with van der Waals surface area (Å²) in [6, 6.07) is 18.0. The summed E-state index contributed by atoms with van der Waals surface area (Å²) in [5.41, 5.74) is 1.54. The number of nitrogens with zero attached hydrogens (tertiary/aromatic N) is 1. The molecule has 30 heavy (non-hydrogen) atoms. The molecule has 3 aromatic carbocycles. The van der Waals surface area contributed by atoms with Crippen LogP contribution in [0.4, 0.5) is 5.69 Å². The molecule has 1 atom stereocenters. The number of rotatable bonds is 2. The Morgan fingerprint density at radius 3 is 2.23 bits per heavy atom. The minimum absolute atomic E-state index is 0.00903. The third kappa shape index (κ3) is 3.00. The molecule has 7 heteroatoms. The maximum absolute atomic E-state index is 13.5. The van der Waals surface area contributed by atoms with Crippen molar-refractivity contribution >= 4 is 57.4 Å². The number of amides is 1. The summed E-state index contributed by atoms with van der Waals surface area (Å²) in [4.78, 5) is 28.4. The first-order valence-electron chi connectivity index (χ1n) is 9.05. The fourth-order valence-electron chi connectivity index (χ4n) is 3.80. The van der Waals surface area contributed by atoms with Crippen LogP contribution in [-0.4, -0.2) is 5.91 Å². The minimum Gasteiger partial charge on any atom is -0.450 e. The lowest BCUT2D eigenvalue weighted by Gasteiger charge is -2.25. The molecular weight excluding hydrogens is 445 g/mol. The van der Waals surface area contributed by atoms with Crippen LogP contribution in [0.25, 0.3) is 11.0 Å². The Morgan fingerprint density at radius 2 is 1.50 bits per heavy atom. The Bertz CT molecular complexity index is 1380. The zero-order chi connectivity index (χ0) is 21.0. The van der Waals surface area contributed by atoms with E-state index in [1.54, 1.807) is 66.7 Å². The third-order valence-corrected chi connectivity index (χ3v) is 5.83. The molecule has 4 aromatic rings. The van der Waals surface area contributed by atoms with Crippen LogP contribution in [-0.2, 0) is 0 Å². The van der Waals surface area contributed by atoms with Crippen LogP contribution >= 0.6 is 34.8 Å². The first-order valence-corrected chi connectivity index (χ1v) is 10.2. The quantitative estimate of drug-likeness (QED) is 0.346. The topological polar surface area (TPSA) is 50.5 Å². The van der Waals surface area contributed by atoms with Crippen molar-refractivity contribution in [3.8, 4) is 0 Å². The van der Waals surface area contributed by atoms with Crippen molar-refractivity contribution in [3.63, 3.8) is 0 Å². The van der Waals surface area contributed by atoms with E-state index in [9.17, 15) is 9.59 Å². The summed E-state index contributed by atoms with van der Waals surface area (Å²) in [7, 11) is 0. The Morgan fingerprint density at radius 1 is 0.800 bits per heavy atom. The SMILES string of the molecule is O=C1c2oc3ccc(Cl)cc3c(=O)c2C(c2ccc(Cl)cc2)N1c1cccc(Cl)c1. The number of hydrogen-bond donors (Lipinski definition) is 0. The van der Waals surface area contributed by atoms with Crippen molar-refractivity contribution in [2.24, 2.45) is 0 Å². The molecule has 4 nitrogen and oxygen atoms in total. The minimum atomic E-state index is -0.692. The predicted octanol–water partition coefficient (Wildman–Crippen LogP) is 6.50. The van der Waals surface area contributed by atoms with Crippen molar-refractivity contribution in [1.82, 2.24) is 0 Å². The second-order valence-electron chi connectivity index (χ2n) is 6.92. The van der Waals surface area contributed by atoms with Crippen LogP contribution in [0.1, 0.15) is 27.7 Å². The number of anilines is 1. The van der Waals surface area contributed by atoms with E-state index in [0.29, 0.717) is 31.7 Å². The predicted molar refractivity (Wildman–Crippen MR) is 119 cm³/mol. The number of benzene rings is 3. The second-order valence-corrected chi connectivity index (χ2v) is 8.23. The molecule has 5 rings (SSSR count). The van der Waals surface area contributed by atoms with E-state index >= 15 is 0 Å². The molecule has 0 aliphatic carbocycles. The molecule has 0 fully saturated rings. The van der Waals surface area contributed by atoms with E-state index in [-0.39, 0.29) is 16.8 Å². The van der Waals surface area contributed by atoms with Gasteiger partial charge in [0, 0.05) is 20.8 Å². The molecule has 1 amide bonds. The average molecular weight is 457 g/mol. The lowest BCUT2D eigenvalue weighted by molar-refractivity contribution is 0.0971.